The predicted molar refractivity (Wildman–Crippen MR) is 57.2 cm³/mol. The van der Waals surface area contributed by atoms with Crippen molar-refractivity contribution < 1.29 is 4.79 Å². The molecule has 1 fully saturated rings. The van der Waals surface area contributed by atoms with Crippen molar-refractivity contribution in [2.45, 2.75) is 25.8 Å². The average molecular weight is 199 g/mol. The number of rotatable bonds is 4. The largest absolute Gasteiger partial charge is 0.355 e. The second kappa shape index (κ2) is 5.98. The van der Waals surface area contributed by atoms with Crippen molar-refractivity contribution in [1.29, 1.82) is 0 Å². The standard InChI is InChI=1S/C10H21N3O/c1-3-13-8-4-6-12-10(14)9(13)5-7-11-2/h9,11H,3-8H2,1-2H3,(H,12,14). The van der Waals surface area contributed by atoms with E-state index in [9.17, 15) is 4.79 Å². The summed E-state index contributed by atoms with van der Waals surface area (Å²) < 4.78 is 0. The summed E-state index contributed by atoms with van der Waals surface area (Å²) in [5, 5.41) is 6.05. The fraction of sp³-hybridized carbons (Fsp3) is 0.900. The van der Waals surface area contributed by atoms with Gasteiger partial charge in [0.05, 0.1) is 6.04 Å². The molecular weight excluding hydrogens is 178 g/mol. The van der Waals surface area contributed by atoms with Crippen molar-refractivity contribution in [2.75, 3.05) is 33.2 Å². The smallest absolute Gasteiger partial charge is 0.237 e. The number of hydrogen-bond donors (Lipinski definition) is 2. The van der Waals surface area contributed by atoms with Crippen molar-refractivity contribution in [1.82, 2.24) is 15.5 Å². The minimum atomic E-state index is 0.0648. The Labute approximate surface area is 86.0 Å². The van der Waals surface area contributed by atoms with Crippen LogP contribution in [0.2, 0.25) is 0 Å². The van der Waals surface area contributed by atoms with Crippen molar-refractivity contribution in [3.8, 4) is 0 Å². The van der Waals surface area contributed by atoms with Gasteiger partial charge in [-0.05, 0) is 33.0 Å². The molecule has 0 aromatic heterocycles. The van der Waals surface area contributed by atoms with Gasteiger partial charge in [0.15, 0.2) is 0 Å². The molecule has 82 valence electrons. The van der Waals surface area contributed by atoms with E-state index in [4.69, 9.17) is 0 Å². The van der Waals surface area contributed by atoms with Gasteiger partial charge in [-0.1, -0.05) is 6.92 Å². The molecule has 1 aliphatic rings. The third-order valence-electron chi connectivity index (χ3n) is 2.74. The highest BCUT2D eigenvalue weighted by atomic mass is 16.2. The third-order valence-corrected chi connectivity index (χ3v) is 2.74. The lowest BCUT2D eigenvalue weighted by atomic mass is 10.1. The van der Waals surface area contributed by atoms with Crippen LogP contribution >= 0.6 is 0 Å². The van der Waals surface area contributed by atoms with Gasteiger partial charge in [-0.15, -0.1) is 0 Å². The summed E-state index contributed by atoms with van der Waals surface area (Å²) in [6.07, 6.45) is 1.96. The van der Waals surface area contributed by atoms with E-state index in [0.29, 0.717) is 0 Å². The first kappa shape index (κ1) is 11.5. The lowest BCUT2D eigenvalue weighted by molar-refractivity contribution is -0.125. The van der Waals surface area contributed by atoms with Gasteiger partial charge in [0.2, 0.25) is 5.91 Å². The summed E-state index contributed by atoms with van der Waals surface area (Å²) in [5.41, 5.74) is 0. The molecule has 0 aromatic rings. The molecule has 2 N–H and O–H groups in total. The first-order valence-electron chi connectivity index (χ1n) is 5.46. The minimum Gasteiger partial charge on any atom is -0.355 e. The average Bonchev–Trinajstić information content (AvgIpc) is 2.37. The van der Waals surface area contributed by atoms with Crippen LogP contribution in [-0.4, -0.2) is 50.1 Å². The zero-order chi connectivity index (χ0) is 10.4. The highest BCUT2D eigenvalue weighted by Gasteiger charge is 2.25. The molecule has 1 aliphatic heterocycles. The first-order valence-corrected chi connectivity index (χ1v) is 5.46. The topological polar surface area (TPSA) is 44.4 Å². The maximum atomic E-state index is 11.7. The van der Waals surface area contributed by atoms with Gasteiger partial charge < -0.3 is 10.6 Å². The Hall–Kier alpha value is -0.610. The van der Waals surface area contributed by atoms with Crippen LogP contribution in [0, 0.1) is 0 Å². The summed E-state index contributed by atoms with van der Waals surface area (Å²) in [7, 11) is 1.92. The highest BCUT2D eigenvalue weighted by molar-refractivity contribution is 5.81. The van der Waals surface area contributed by atoms with Crippen molar-refractivity contribution in [3.05, 3.63) is 0 Å². The highest BCUT2D eigenvalue weighted by Crippen LogP contribution is 2.08. The number of likely N-dealkylation sites (N-methyl/N-ethyl adjacent to an activating group) is 1. The lowest BCUT2D eigenvalue weighted by Gasteiger charge is -2.26. The Morgan fingerprint density at radius 1 is 1.64 bits per heavy atom. The molecular formula is C10H21N3O. The van der Waals surface area contributed by atoms with Gasteiger partial charge in [0, 0.05) is 13.1 Å². The Bertz CT molecular complexity index is 184. The van der Waals surface area contributed by atoms with Crippen LogP contribution in [0.4, 0.5) is 0 Å². The van der Waals surface area contributed by atoms with Crippen LogP contribution in [0.5, 0.6) is 0 Å². The molecule has 1 amide bonds. The van der Waals surface area contributed by atoms with Crippen LogP contribution < -0.4 is 10.6 Å². The SMILES string of the molecule is CCN1CCCNC(=O)C1CCNC. The summed E-state index contributed by atoms with van der Waals surface area (Å²) in [6, 6.07) is 0.0648. The number of nitrogens with zero attached hydrogens (tertiary/aromatic N) is 1. The third kappa shape index (κ3) is 2.96. The number of hydrogen-bond acceptors (Lipinski definition) is 3. The molecule has 4 nitrogen and oxygen atoms in total. The summed E-state index contributed by atoms with van der Waals surface area (Å²) in [6.45, 7) is 5.83. The van der Waals surface area contributed by atoms with Gasteiger partial charge in [0.1, 0.15) is 0 Å². The Morgan fingerprint density at radius 2 is 2.43 bits per heavy atom. The molecule has 0 aromatic carbocycles. The minimum absolute atomic E-state index is 0.0648. The van der Waals surface area contributed by atoms with Crippen molar-refractivity contribution in [2.24, 2.45) is 0 Å². The van der Waals surface area contributed by atoms with E-state index in [2.05, 4.69) is 22.5 Å². The summed E-state index contributed by atoms with van der Waals surface area (Å²) >= 11 is 0. The van der Waals surface area contributed by atoms with Gasteiger partial charge >= 0.3 is 0 Å². The van der Waals surface area contributed by atoms with Gasteiger partial charge in [-0.25, -0.2) is 0 Å². The molecule has 14 heavy (non-hydrogen) atoms. The molecule has 0 bridgehead atoms. The number of carbonyl (C=O) groups is 1. The Kier molecular flexibility index (Phi) is 4.90. The summed E-state index contributed by atoms with van der Waals surface area (Å²) in [5.74, 6) is 0.194. The molecule has 0 radical (unpaired) electrons. The molecule has 0 aliphatic carbocycles. The van der Waals surface area contributed by atoms with E-state index in [1.807, 2.05) is 7.05 Å². The number of amides is 1. The van der Waals surface area contributed by atoms with Crippen LogP contribution in [0.15, 0.2) is 0 Å². The molecule has 1 saturated heterocycles. The lowest BCUT2D eigenvalue weighted by Crippen LogP contribution is -2.45. The van der Waals surface area contributed by atoms with Crippen LogP contribution in [-0.2, 0) is 4.79 Å². The first-order chi connectivity index (χ1) is 6.79. The monoisotopic (exact) mass is 199 g/mol. The van der Waals surface area contributed by atoms with Crippen LogP contribution in [0.25, 0.3) is 0 Å². The van der Waals surface area contributed by atoms with E-state index < -0.39 is 0 Å². The zero-order valence-electron chi connectivity index (χ0n) is 9.18. The van der Waals surface area contributed by atoms with E-state index >= 15 is 0 Å². The van der Waals surface area contributed by atoms with Crippen LogP contribution in [0.1, 0.15) is 19.8 Å². The number of nitrogens with one attached hydrogen (secondary N) is 2. The van der Waals surface area contributed by atoms with Crippen LogP contribution in [0.3, 0.4) is 0 Å². The zero-order valence-corrected chi connectivity index (χ0v) is 9.18. The molecule has 1 atom stereocenters. The fourth-order valence-corrected chi connectivity index (χ4v) is 1.91. The molecule has 4 heteroatoms. The predicted octanol–water partition coefficient (Wildman–Crippen LogP) is -0.194. The molecule has 0 spiro atoms. The van der Waals surface area contributed by atoms with Crippen molar-refractivity contribution in [3.63, 3.8) is 0 Å². The maximum absolute atomic E-state index is 11.7. The molecule has 1 unspecified atom stereocenters. The molecule has 1 rings (SSSR count). The van der Waals surface area contributed by atoms with Crippen molar-refractivity contribution >= 4 is 5.91 Å². The second-order valence-corrected chi connectivity index (χ2v) is 3.68. The second-order valence-electron chi connectivity index (χ2n) is 3.68. The quantitative estimate of drug-likeness (QED) is 0.659. The van der Waals surface area contributed by atoms with E-state index in [1.165, 1.54) is 0 Å². The van der Waals surface area contributed by atoms with Gasteiger partial charge in [-0.2, -0.15) is 0 Å². The fourth-order valence-electron chi connectivity index (χ4n) is 1.91. The van der Waals surface area contributed by atoms with E-state index in [-0.39, 0.29) is 11.9 Å². The normalized spacial score (nSPS) is 24.4. The molecule has 0 saturated carbocycles. The van der Waals surface area contributed by atoms with Gasteiger partial charge in [-0.3, -0.25) is 9.69 Å². The van der Waals surface area contributed by atoms with Gasteiger partial charge in [0.25, 0.3) is 0 Å². The maximum Gasteiger partial charge on any atom is 0.237 e. The number of carbonyl (C=O) groups excluding carboxylic acids is 1. The summed E-state index contributed by atoms with van der Waals surface area (Å²) in [4.78, 5) is 14.0. The van der Waals surface area contributed by atoms with E-state index in [0.717, 1.165) is 39.0 Å². The Morgan fingerprint density at radius 3 is 3.07 bits per heavy atom. The molecule has 1 heterocycles. The Balaban J connectivity index is 2.55. The van der Waals surface area contributed by atoms with E-state index in [1.54, 1.807) is 0 Å².